The van der Waals surface area contributed by atoms with Crippen LogP contribution in [0.1, 0.15) is 5.56 Å². The van der Waals surface area contributed by atoms with Gasteiger partial charge >= 0.3 is 6.18 Å². The molecule has 24 heavy (non-hydrogen) atoms. The smallest absolute Gasteiger partial charge is 0.417 e. The monoisotopic (exact) mass is 336 g/mol. The van der Waals surface area contributed by atoms with Crippen LogP contribution < -0.4 is 4.74 Å². The molecule has 6 nitrogen and oxygen atoms in total. The second kappa shape index (κ2) is 5.84. The van der Waals surface area contributed by atoms with Crippen molar-refractivity contribution in [2.45, 2.75) is 6.18 Å². The highest BCUT2D eigenvalue weighted by atomic mass is 19.4. The Kier molecular flexibility index (Phi) is 3.84. The lowest BCUT2D eigenvalue weighted by Crippen LogP contribution is -2.07. The number of rotatable bonds is 3. The summed E-state index contributed by atoms with van der Waals surface area (Å²) in [6.45, 7) is 0. The van der Waals surface area contributed by atoms with E-state index in [1.54, 1.807) is 12.1 Å². The molecule has 0 fully saturated rings. The highest BCUT2D eigenvalue weighted by molar-refractivity contribution is 5.70. The van der Waals surface area contributed by atoms with Crippen molar-refractivity contribution in [2.75, 3.05) is 7.11 Å². The summed E-state index contributed by atoms with van der Waals surface area (Å²) in [6, 6.07) is 5.55. The molecule has 0 radical (unpaired) electrons. The van der Waals surface area contributed by atoms with Gasteiger partial charge in [-0.1, -0.05) is 6.07 Å². The van der Waals surface area contributed by atoms with E-state index in [-0.39, 0.29) is 34.3 Å². The van der Waals surface area contributed by atoms with Gasteiger partial charge in [0.15, 0.2) is 23.1 Å². The van der Waals surface area contributed by atoms with Crippen LogP contribution >= 0.6 is 0 Å². The molecular formula is C15H11F3N4O2. The molecule has 0 saturated heterocycles. The first kappa shape index (κ1) is 15.8. The number of para-hydroxylation sites is 1. The zero-order valence-electron chi connectivity index (χ0n) is 12.3. The molecule has 1 aromatic carbocycles. The molecule has 0 amide bonds. The molecule has 0 atom stereocenters. The van der Waals surface area contributed by atoms with Crippen LogP contribution in [0.4, 0.5) is 13.2 Å². The van der Waals surface area contributed by atoms with Crippen molar-refractivity contribution in [3.05, 3.63) is 42.2 Å². The fraction of sp³-hybridized carbons (Fsp3) is 0.133. The molecule has 0 aliphatic rings. The Morgan fingerprint density at radius 2 is 1.96 bits per heavy atom. The third-order valence-corrected chi connectivity index (χ3v) is 3.33. The van der Waals surface area contributed by atoms with Gasteiger partial charge in [0, 0.05) is 12.4 Å². The van der Waals surface area contributed by atoms with E-state index < -0.39 is 11.7 Å². The van der Waals surface area contributed by atoms with E-state index in [2.05, 4.69) is 20.2 Å². The van der Waals surface area contributed by atoms with Crippen molar-refractivity contribution in [3.8, 4) is 34.3 Å². The molecule has 9 heteroatoms. The van der Waals surface area contributed by atoms with Gasteiger partial charge in [0.05, 0.1) is 23.8 Å². The number of nitrogens with one attached hydrogen (secondary N) is 1. The standard InChI is InChI=1S/C15H11F3N4O2/c1-24-11-4-2-3-8(12(11)23)13-20-14(22-21-13)9-7-19-6-5-10(9)15(16,17)18/h2-7,23H,1H3,(H,20,21,22). The van der Waals surface area contributed by atoms with Gasteiger partial charge in [-0.2, -0.15) is 18.3 Å². The summed E-state index contributed by atoms with van der Waals surface area (Å²) >= 11 is 0. The van der Waals surface area contributed by atoms with Crippen molar-refractivity contribution in [3.63, 3.8) is 0 Å². The molecule has 2 heterocycles. The number of nitrogens with zero attached hydrogens (tertiary/aromatic N) is 3. The maximum absolute atomic E-state index is 13.1. The number of pyridine rings is 1. The summed E-state index contributed by atoms with van der Waals surface area (Å²) in [5.74, 6) is -0.0428. The molecule has 3 aromatic rings. The summed E-state index contributed by atoms with van der Waals surface area (Å²) in [5, 5.41) is 16.4. The number of phenols is 1. The minimum Gasteiger partial charge on any atom is -0.504 e. The Hall–Kier alpha value is -3.10. The molecule has 0 spiro atoms. The first-order chi connectivity index (χ1) is 11.4. The number of phenolic OH excluding ortho intramolecular Hbond substituents is 1. The minimum absolute atomic E-state index is 0.110. The Morgan fingerprint density at radius 3 is 2.67 bits per heavy atom. The predicted molar refractivity (Wildman–Crippen MR) is 78.3 cm³/mol. The molecule has 0 aliphatic heterocycles. The summed E-state index contributed by atoms with van der Waals surface area (Å²) in [6.07, 6.45) is -2.47. The number of methoxy groups -OCH3 is 1. The van der Waals surface area contributed by atoms with E-state index >= 15 is 0 Å². The van der Waals surface area contributed by atoms with E-state index in [9.17, 15) is 18.3 Å². The maximum Gasteiger partial charge on any atom is 0.417 e. The molecule has 2 N–H and O–H groups in total. The SMILES string of the molecule is COc1cccc(-c2nc(-c3cnccc3C(F)(F)F)n[nH]2)c1O. The minimum atomic E-state index is -4.56. The average Bonchev–Trinajstić information content (AvgIpc) is 3.04. The number of aromatic hydroxyl groups is 1. The number of ether oxygens (including phenoxy) is 1. The van der Waals surface area contributed by atoms with Gasteiger partial charge < -0.3 is 9.84 Å². The van der Waals surface area contributed by atoms with Crippen molar-refractivity contribution in [1.29, 1.82) is 0 Å². The molecule has 124 valence electrons. The normalized spacial score (nSPS) is 11.5. The van der Waals surface area contributed by atoms with Gasteiger partial charge in [-0.15, -0.1) is 0 Å². The highest BCUT2D eigenvalue weighted by Gasteiger charge is 2.34. The lowest BCUT2D eigenvalue weighted by Gasteiger charge is -2.09. The van der Waals surface area contributed by atoms with Crippen molar-refractivity contribution in [1.82, 2.24) is 20.2 Å². The molecule has 3 rings (SSSR count). The molecule has 0 unspecified atom stereocenters. The number of hydrogen-bond donors (Lipinski definition) is 2. The zero-order valence-corrected chi connectivity index (χ0v) is 12.3. The highest BCUT2D eigenvalue weighted by Crippen LogP contribution is 2.38. The van der Waals surface area contributed by atoms with E-state index in [0.717, 1.165) is 18.5 Å². The van der Waals surface area contributed by atoms with Gasteiger partial charge in [-0.3, -0.25) is 10.1 Å². The Bertz CT molecular complexity index is 877. The van der Waals surface area contributed by atoms with Crippen LogP contribution in [-0.4, -0.2) is 32.4 Å². The fourth-order valence-corrected chi connectivity index (χ4v) is 2.20. The molecule has 0 saturated carbocycles. The third-order valence-electron chi connectivity index (χ3n) is 3.33. The van der Waals surface area contributed by atoms with Gasteiger partial charge in [0.1, 0.15) is 0 Å². The number of benzene rings is 1. The van der Waals surface area contributed by atoms with Crippen molar-refractivity contribution >= 4 is 0 Å². The molecule has 0 aliphatic carbocycles. The zero-order chi connectivity index (χ0) is 17.3. The van der Waals surface area contributed by atoms with E-state index in [1.165, 1.54) is 13.2 Å². The first-order valence-corrected chi connectivity index (χ1v) is 6.72. The van der Waals surface area contributed by atoms with Crippen molar-refractivity contribution in [2.24, 2.45) is 0 Å². The van der Waals surface area contributed by atoms with Crippen LogP contribution in [0.25, 0.3) is 22.8 Å². The van der Waals surface area contributed by atoms with Crippen molar-refractivity contribution < 1.29 is 23.0 Å². The number of aromatic amines is 1. The molecule has 0 bridgehead atoms. The van der Waals surface area contributed by atoms with Crippen LogP contribution in [0, 0.1) is 0 Å². The van der Waals surface area contributed by atoms with Crippen LogP contribution in [0.15, 0.2) is 36.7 Å². The van der Waals surface area contributed by atoms with Crippen LogP contribution in [0.2, 0.25) is 0 Å². The number of halogens is 3. The van der Waals surface area contributed by atoms with E-state index in [1.807, 2.05) is 0 Å². The molecular weight excluding hydrogens is 325 g/mol. The second-order valence-electron chi connectivity index (χ2n) is 4.78. The van der Waals surface area contributed by atoms with Gasteiger partial charge in [-0.05, 0) is 18.2 Å². The summed E-state index contributed by atoms with van der Waals surface area (Å²) in [5.41, 5.74) is -0.890. The molecule has 2 aromatic heterocycles. The van der Waals surface area contributed by atoms with Crippen LogP contribution in [-0.2, 0) is 6.18 Å². The number of hydrogen-bond acceptors (Lipinski definition) is 5. The van der Waals surface area contributed by atoms with Crippen LogP contribution in [0.5, 0.6) is 11.5 Å². The summed E-state index contributed by atoms with van der Waals surface area (Å²) < 4.78 is 44.2. The van der Waals surface area contributed by atoms with Gasteiger partial charge in [0.2, 0.25) is 0 Å². The third kappa shape index (κ3) is 2.75. The average molecular weight is 336 g/mol. The second-order valence-corrected chi connectivity index (χ2v) is 4.78. The van der Waals surface area contributed by atoms with E-state index in [4.69, 9.17) is 4.74 Å². The Labute approximate surface area is 134 Å². The largest absolute Gasteiger partial charge is 0.504 e. The number of alkyl halides is 3. The number of aromatic nitrogens is 4. The first-order valence-electron chi connectivity index (χ1n) is 6.72. The topological polar surface area (TPSA) is 83.9 Å². The summed E-state index contributed by atoms with van der Waals surface area (Å²) in [4.78, 5) is 7.74. The quantitative estimate of drug-likeness (QED) is 0.767. The maximum atomic E-state index is 13.1. The lowest BCUT2D eigenvalue weighted by atomic mass is 10.1. The van der Waals surface area contributed by atoms with E-state index in [0.29, 0.717) is 0 Å². The van der Waals surface area contributed by atoms with Crippen LogP contribution in [0.3, 0.4) is 0 Å². The van der Waals surface area contributed by atoms with Gasteiger partial charge in [-0.25, -0.2) is 4.98 Å². The fourth-order valence-electron chi connectivity index (χ4n) is 2.20. The Balaban J connectivity index is 2.08. The number of H-pyrrole nitrogens is 1. The predicted octanol–water partition coefficient (Wildman–Crippen LogP) is 3.27. The Morgan fingerprint density at radius 1 is 1.17 bits per heavy atom. The lowest BCUT2D eigenvalue weighted by molar-refractivity contribution is -0.137. The van der Waals surface area contributed by atoms with Gasteiger partial charge in [0.25, 0.3) is 0 Å². The summed E-state index contributed by atoms with van der Waals surface area (Å²) in [7, 11) is 1.38.